The number of fused-ring (bicyclic) bond motifs is 4. The first-order valence-electron chi connectivity index (χ1n) is 11.5. The molecule has 4 aromatic rings. The molecule has 4 aromatic carbocycles. The molecule has 2 aliphatic heterocycles. The molecule has 0 amide bonds. The van der Waals surface area contributed by atoms with Gasteiger partial charge in [-0.25, -0.2) is 0 Å². The van der Waals surface area contributed by atoms with E-state index in [9.17, 15) is 9.46 Å². The minimum Gasteiger partial charge on any atom is -0.799 e. The van der Waals surface area contributed by atoms with E-state index in [1.807, 2.05) is 60.7 Å². The summed E-state index contributed by atoms with van der Waals surface area (Å²) in [6.45, 7) is 0. The zero-order valence-electron chi connectivity index (χ0n) is 19.9. The second-order valence-corrected chi connectivity index (χ2v) is 13.2. The molecule has 0 radical (unpaired) electrons. The van der Waals surface area contributed by atoms with E-state index in [2.05, 4.69) is 48.6 Å². The molecule has 0 saturated heterocycles. The Hall–Kier alpha value is -1.75. The maximum absolute atomic E-state index is 13.8. The average molecular weight is 533 g/mol. The molecule has 172 valence electrons. The zero-order chi connectivity index (χ0) is 23.8. The Balaban J connectivity index is 0.00000267. The van der Waals surface area contributed by atoms with E-state index >= 15 is 0 Å². The van der Waals surface area contributed by atoms with Crippen LogP contribution in [0.4, 0.5) is 0 Å². The molecule has 0 unspecified atom stereocenters. The molecule has 2 heterocycles. The number of hydrogen-bond acceptors (Lipinski definition) is 4. The normalized spacial score (nSPS) is 13.9. The first-order valence-corrected chi connectivity index (χ1v) is 15.1. The molecule has 0 bridgehead atoms. The molecule has 0 saturated carbocycles. The summed E-state index contributed by atoms with van der Waals surface area (Å²) in [5.41, 5.74) is 5.84. The van der Waals surface area contributed by atoms with Crippen molar-refractivity contribution < 1.29 is 39.0 Å². The Morgan fingerprint density at radius 2 is 0.917 bits per heavy atom. The molecular formula is C30H22NaO2PS2. The summed E-state index contributed by atoms with van der Waals surface area (Å²) in [6.07, 6.45) is 4.15. The van der Waals surface area contributed by atoms with E-state index < -0.39 is 7.37 Å². The second kappa shape index (κ2) is 10.9. The van der Waals surface area contributed by atoms with Gasteiger partial charge in [-0.15, -0.1) is 0 Å². The molecule has 6 rings (SSSR count). The van der Waals surface area contributed by atoms with Crippen LogP contribution in [0.25, 0.3) is 23.3 Å². The number of rotatable bonds is 4. The molecule has 6 heteroatoms. The SMILES string of the molecule is O=P([O-])(CC1=Cc2ccccc2Sc2ccccc21)CC1=Cc2ccccc2Sc2ccccc21.[Na+]. The van der Waals surface area contributed by atoms with E-state index in [0.29, 0.717) is 0 Å². The molecule has 0 fully saturated rings. The van der Waals surface area contributed by atoms with Gasteiger partial charge < -0.3 is 9.46 Å². The Morgan fingerprint density at radius 1 is 0.556 bits per heavy atom. The van der Waals surface area contributed by atoms with Crippen molar-refractivity contribution in [3.63, 3.8) is 0 Å². The van der Waals surface area contributed by atoms with E-state index in [4.69, 9.17) is 0 Å². The predicted octanol–water partition coefficient (Wildman–Crippen LogP) is 5.04. The molecule has 0 N–H and O–H groups in total. The maximum atomic E-state index is 13.8. The predicted molar refractivity (Wildman–Crippen MR) is 147 cm³/mol. The van der Waals surface area contributed by atoms with Gasteiger partial charge in [0.2, 0.25) is 0 Å². The first kappa shape index (κ1) is 25.9. The maximum Gasteiger partial charge on any atom is 1.00 e. The van der Waals surface area contributed by atoms with Crippen molar-refractivity contribution in [3.8, 4) is 0 Å². The second-order valence-electron chi connectivity index (χ2n) is 8.74. The van der Waals surface area contributed by atoms with Crippen LogP contribution >= 0.6 is 30.9 Å². The average Bonchev–Trinajstić information content (AvgIpc) is 3.11. The first-order chi connectivity index (χ1) is 17.1. The van der Waals surface area contributed by atoms with E-state index in [1.54, 1.807) is 23.5 Å². The van der Waals surface area contributed by atoms with Gasteiger partial charge in [0, 0.05) is 39.3 Å². The van der Waals surface area contributed by atoms with Crippen molar-refractivity contribution in [1.29, 1.82) is 0 Å². The smallest absolute Gasteiger partial charge is 0.799 e. The third-order valence-corrected chi connectivity index (χ3v) is 10.2. The van der Waals surface area contributed by atoms with E-state index in [0.717, 1.165) is 53.0 Å². The van der Waals surface area contributed by atoms with Crippen LogP contribution in [0.3, 0.4) is 0 Å². The molecule has 2 aliphatic rings. The fraction of sp³-hybridized carbons (Fsp3) is 0.0667. The standard InChI is InChI=1S/C30H23O2PS2.Na/c31-33(32,19-23-17-21-9-1-5-13-27(21)34-29-15-7-3-11-25(23)29)20-24-18-22-10-2-6-14-28(22)35-30-16-8-4-12-26(24)30;/h1-18H,19-20H2,(H,31,32);/q;+1/p-1. The molecule has 0 atom stereocenters. The molecule has 0 aliphatic carbocycles. The van der Waals surface area contributed by atoms with Gasteiger partial charge in [-0.1, -0.05) is 96.3 Å². The van der Waals surface area contributed by atoms with E-state index in [1.165, 1.54) is 0 Å². The van der Waals surface area contributed by atoms with Gasteiger partial charge >= 0.3 is 29.6 Å². The minimum atomic E-state index is -3.81. The summed E-state index contributed by atoms with van der Waals surface area (Å²) in [6, 6.07) is 32.6. The number of hydrogen-bond donors (Lipinski definition) is 0. The third-order valence-electron chi connectivity index (χ3n) is 6.23. The largest absolute Gasteiger partial charge is 1.00 e. The fourth-order valence-electron chi connectivity index (χ4n) is 4.63. The van der Waals surface area contributed by atoms with Gasteiger partial charge in [0.25, 0.3) is 0 Å². The summed E-state index contributed by atoms with van der Waals surface area (Å²) < 4.78 is 13.8. The van der Waals surface area contributed by atoms with Crippen molar-refractivity contribution >= 4 is 54.2 Å². The Kier molecular flexibility index (Phi) is 7.86. The van der Waals surface area contributed by atoms with Crippen LogP contribution in [-0.4, -0.2) is 12.3 Å². The number of allylic oxidation sites excluding steroid dienone is 2. The molecule has 2 nitrogen and oxygen atoms in total. The topological polar surface area (TPSA) is 40.1 Å². The molecule has 0 spiro atoms. The Labute approximate surface area is 242 Å². The Bertz CT molecular complexity index is 1450. The van der Waals surface area contributed by atoms with Gasteiger partial charge in [0.1, 0.15) is 0 Å². The van der Waals surface area contributed by atoms with Gasteiger partial charge in [-0.3, -0.25) is 0 Å². The monoisotopic (exact) mass is 532 g/mol. The molecular weight excluding hydrogens is 510 g/mol. The van der Waals surface area contributed by atoms with Crippen molar-refractivity contribution in [1.82, 2.24) is 0 Å². The number of benzene rings is 4. The van der Waals surface area contributed by atoms with Crippen molar-refractivity contribution in [2.45, 2.75) is 19.6 Å². The fourth-order valence-corrected chi connectivity index (χ4v) is 8.47. The van der Waals surface area contributed by atoms with Gasteiger partial charge in [-0.05, 0) is 69.8 Å². The van der Waals surface area contributed by atoms with E-state index in [-0.39, 0.29) is 41.9 Å². The summed E-state index contributed by atoms with van der Waals surface area (Å²) in [5.74, 6) is 0. The van der Waals surface area contributed by atoms with Crippen LogP contribution in [0.1, 0.15) is 22.3 Å². The third kappa shape index (κ3) is 5.42. The van der Waals surface area contributed by atoms with Crippen LogP contribution in [0, 0.1) is 0 Å². The van der Waals surface area contributed by atoms with Gasteiger partial charge in [-0.2, -0.15) is 0 Å². The summed E-state index contributed by atoms with van der Waals surface area (Å²) >= 11 is 3.39. The minimum absolute atomic E-state index is 0. The van der Waals surface area contributed by atoms with Crippen LogP contribution in [0.2, 0.25) is 0 Å². The zero-order valence-corrected chi connectivity index (χ0v) is 24.4. The molecule has 0 aromatic heterocycles. The van der Waals surface area contributed by atoms with Crippen molar-refractivity contribution in [2.75, 3.05) is 12.3 Å². The van der Waals surface area contributed by atoms with Crippen molar-refractivity contribution in [2.24, 2.45) is 0 Å². The van der Waals surface area contributed by atoms with Gasteiger partial charge in [0.15, 0.2) is 0 Å². The van der Waals surface area contributed by atoms with Crippen LogP contribution in [0.5, 0.6) is 0 Å². The summed E-state index contributed by atoms with van der Waals surface area (Å²) in [4.78, 5) is 18.2. The summed E-state index contributed by atoms with van der Waals surface area (Å²) in [7, 11) is -3.81. The Morgan fingerprint density at radius 3 is 1.36 bits per heavy atom. The van der Waals surface area contributed by atoms with Crippen LogP contribution < -0.4 is 34.5 Å². The van der Waals surface area contributed by atoms with Crippen molar-refractivity contribution in [3.05, 3.63) is 119 Å². The van der Waals surface area contributed by atoms with Crippen LogP contribution in [-0.2, 0) is 4.57 Å². The quantitative estimate of drug-likeness (QED) is 0.273. The molecule has 36 heavy (non-hydrogen) atoms. The van der Waals surface area contributed by atoms with Crippen LogP contribution in [0.15, 0.2) is 117 Å². The van der Waals surface area contributed by atoms with Gasteiger partial charge in [0.05, 0.1) is 0 Å². The summed E-state index contributed by atoms with van der Waals surface area (Å²) in [5, 5.41) is 0.